The van der Waals surface area contributed by atoms with E-state index in [2.05, 4.69) is 0 Å². The van der Waals surface area contributed by atoms with Crippen LogP contribution >= 0.6 is 35.3 Å². The zero-order chi connectivity index (χ0) is 11.7. The molecule has 0 atom stereocenters. The van der Waals surface area contributed by atoms with E-state index in [9.17, 15) is 4.79 Å². The molecule has 2 rings (SSSR count). The van der Waals surface area contributed by atoms with Gasteiger partial charge in [-0.1, -0.05) is 11.6 Å². The van der Waals surface area contributed by atoms with Crippen LogP contribution in [0.2, 0.25) is 5.02 Å². The van der Waals surface area contributed by atoms with Crippen LogP contribution in [0.1, 0.15) is 28.1 Å². The summed E-state index contributed by atoms with van der Waals surface area (Å²) >= 11 is 7.51. The number of carbonyl (C=O) groups excluding carboxylic acids is 1. The van der Waals surface area contributed by atoms with Gasteiger partial charge >= 0.3 is 0 Å². The smallest absolute Gasteiger partial charge is 0.265 e. The van der Waals surface area contributed by atoms with Crippen LogP contribution in [-0.4, -0.2) is 29.9 Å². The molecule has 17 heavy (non-hydrogen) atoms. The normalized spacial score (nSPS) is 16.8. The average Bonchev–Trinajstić information content (AvgIpc) is 2.60. The van der Waals surface area contributed by atoms with Crippen LogP contribution in [0.3, 0.4) is 0 Å². The van der Waals surface area contributed by atoms with Gasteiger partial charge in [0.05, 0.1) is 5.02 Å². The summed E-state index contributed by atoms with van der Waals surface area (Å²) in [7, 11) is 0. The summed E-state index contributed by atoms with van der Waals surface area (Å²) in [4.78, 5) is 14.7. The summed E-state index contributed by atoms with van der Waals surface area (Å²) in [5.74, 6) is 0.0509. The molecule has 96 valence electrons. The second-order valence-electron chi connectivity index (χ2n) is 4.19. The Morgan fingerprint density at radius 2 is 2.12 bits per heavy atom. The monoisotopic (exact) mass is 294 g/mol. The topological polar surface area (TPSA) is 46.3 Å². The van der Waals surface area contributed by atoms with Gasteiger partial charge in [-0.25, -0.2) is 0 Å². The SMILES string of the molecule is Cc1csc(C(=O)N2CCC(N)CC2)c1Cl.Cl. The zero-order valence-electron chi connectivity index (χ0n) is 9.61. The Bertz CT molecular complexity index is 400. The number of hydrogen-bond donors (Lipinski definition) is 1. The summed E-state index contributed by atoms with van der Waals surface area (Å²) in [6, 6.07) is 0.240. The van der Waals surface area contributed by atoms with Crippen LogP contribution < -0.4 is 5.73 Å². The zero-order valence-corrected chi connectivity index (χ0v) is 12.0. The first-order valence-corrected chi connectivity index (χ1v) is 6.64. The summed E-state index contributed by atoms with van der Waals surface area (Å²) in [6.07, 6.45) is 1.77. The Balaban J connectivity index is 0.00000144. The lowest BCUT2D eigenvalue weighted by Crippen LogP contribution is -2.42. The fourth-order valence-corrected chi connectivity index (χ4v) is 3.06. The highest BCUT2D eigenvalue weighted by molar-refractivity contribution is 7.13. The Labute approximate surface area is 116 Å². The lowest BCUT2D eigenvalue weighted by molar-refractivity contribution is 0.0720. The van der Waals surface area contributed by atoms with E-state index in [0.717, 1.165) is 31.5 Å². The number of nitrogens with two attached hydrogens (primary N) is 1. The van der Waals surface area contributed by atoms with E-state index in [4.69, 9.17) is 17.3 Å². The molecular weight excluding hydrogens is 279 g/mol. The summed E-state index contributed by atoms with van der Waals surface area (Å²) in [5.41, 5.74) is 6.78. The Kier molecular flexibility index (Phi) is 5.25. The van der Waals surface area contributed by atoms with Gasteiger partial charge in [0.1, 0.15) is 4.88 Å². The maximum atomic E-state index is 12.2. The van der Waals surface area contributed by atoms with Crippen LogP contribution in [0, 0.1) is 6.92 Å². The number of likely N-dealkylation sites (tertiary alicyclic amines) is 1. The highest BCUT2D eigenvalue weighted by Gasteiger charge is 2.24. The Morgan fingerprint density at radius 3 is 2.59 bits per heavy atom. The number of thiophene rings is 1. The molecule has 1 aromatic heterocycles. The molecule has 0 aliphatic carbocycles. The molecule has 6 heteroatoms. The van der Waals surface area contributed by atoms with Crippen molar-refractivity contribution in [3.8, 4) is 0 Å². The summed E-state index contributed by atoms with van der Waals surface area (Å²) in [6.45, 7) is 3.41. The highest BCUT2D eigenvalue weighted by atomic mass is 35.5. The third-order valence-electron chi connectivity index (χ3n) is 2.92. The van der Waals surface area contributed by atoms with E-state index in [1.807, 2.05) is 17.2 Å². The predicted octanol–water partition coefficient (Wildman–Crippen LogP) is 2.70. The number of piperidine rings is 1. The molecule has 2 heterocycles. The second-order valence-corrected chi connectivity index (χ2v) is 5.45. The molecule has 1 aliphatic rings. The van der Waals surface area contributed by atoms with E-state index in [-0.39, 0.29) is 24.4 Å². The summed E-state index contributed by atoms with van der Waals surface area (Å²) in [5, 5.41) is 2.52. The number of amides is 1. The number of halogens is 2. The molecule has 1 saturated heterocycles. The van der Waals surface area contributed by atoms with E-state index in [1.54, 1.807) is 0 Å². The molecule has 0 saturated carbocycles. The van der Waals surface area contributed by atoms with Crippen molar-refractivity contribution in [2.45, 2.75) is 25.8 Å². The van der Waals surface area contributed by atoms with E-state index in [0.29, 0.717) is 9.90 Å². The Morgan fingerprint density at radius 1 is 1.53 bits per heavy atom. The molecule has 0 radical (unpaired) electrons. The fraction of sp³-hybridized carbons (Fsp3) is 0.545. The van der Waals surface area contributed by atoms with E-state index in [1.165, 1.54) is 11.3 Å². The lowest BCUT2D eigenvalue weighted by atomic mass is 10.1. The largest absolute Gasteiger partial charge is 0.338 e. The summed E-state index contributed by atoms with van der Waals surface area (Å²) < 4.78 is 0. The number of nitrogens with zero attached hydrogens (tertiary/aromatic N) is 1. The van der Waals surface area contributed by atoms with Gasteiger partial charge in [0.15, 0.2) is 0 Å². The maximum Gasteiger partial charge on any atom is 0.265 e. The molecule has 1 amide bonds. The van der Waals surface area contributed by atoms with Crippen molar-refractivity contribution >= 4 is 41.3 Å². The van der Waals surface area contributed by atoms with Gasteiger partial charge in [-0.3, -0.25) is 4.79 Å². The lowest BCUT2D eigenvalue weighted by Gasteiger charge is -2.29. The van der Waals surface area contributed by atoms with E-state index >= 15 is 0 Å². The van der Waals surface area contributed by atoms with E-state index < -0.39 is 0 Å². The first kappa shape index (κ1) is 14.8. The van der Waals surface area contributed by atoms with Crippen molar-refractivity contribution < 1.29 is 4.79 Å². The van der Waals surface area contributed by atoms with Crippen molar-refractivity contribution in [3.63, 3.8) is 0 Å². The average molecular weight is 295 g/mol. The molecule has 0 spiro atoms. The Hall–Kier alpha value is -0.290. The van der Waals surface area contributed by atoms with Crippen molar-refractivity contribution in [2.24, 2.45) is 5.73 Å². The molecular formula is C11H16Cl2N2OS. The quantitative estimate of drug-likeness (QED) is 0.866. The van der Waals surface area contributed by atoms with Crippen LogP contribution in [-0.2, 0) is 0 Å². The number of aryl methyl sites for hydroxylation is 1. The second kappa shape index (κ2) is 6.05. The van der Waals surface area contributed by atoms with Gasteiger partial charge in [-0.05, 0) is 30.7 Å². The number of carbonyl (C=O) groups is 1. The van der Waals surface area contributed by atoms with Crippen LogP contribution in [0.5, 0.6) is 0 Å². The third-order valence-corrected chi connectivity index (χ3v) is 4.61. The molecule has 0 unspecified atom stereocenters. The predicted molar refractivity (Wildman–Crippen MR) is 74.4 cm³/mol. The van der Waals surface area contributed by atoms with Crippen LogP contribution in [0.25, 0.3) is 0 Å². The molecule has 0 aromatic carbocycles. The number of rotatable bonds is 1. The minimum absolute atomic E-state index is 0. The third kappa shape index (κ3) is 3.13. The fourth-order valence-electron chi connectivity index (χ4n) is 1.82. The van der Waals surface area contributed by atoms with Gasteiger partial charge in [-0.2, -0.15) is 0 Å². The van der Waals surface area contributed by atoms with Gasteiger partial charge < -0.3 is 10.6 Å². The van der Waals surface area contributed by atoms with Crippen LogP contribution in [0.15, 0.2) is 5.38 Å². The number of hydrogen-bond acceptors (Lipinski definition) is 3. The molecule has 1 fully saturated rings. The molecule has 1 aromatic rings. The van der Waals surface area contributed by atoms with Gasteiger partial charge in [0.25, 0.3) is 5.91 Å². The standard InChI is InChI=1S/C11H15ClN2OS.ClH/c1-7-6-16-10(9(7)12)11(15)14-4-2-8(13)3-5-14;/h6,8H,2-5,13H2,1H3;1H. The minimum atomic E-state index is 0. The molecule has 1 aliphatic heterocycles. The van der Waals surface area contributed by atoms with Crippen molar-refractivity contribution in [1.29, 1.82) is 0 Å². The first-order valence-electron chi connectivity index (χ1n) is 5.38. The molecule has 3 nitrogen and oxygen atoms in total. The van der Waals surface area contributed by atoms with Crippen molar-refractivity contribution in [2.75, 3.05) is 13.1 Å². The van der Waals surface area contributed by atoms with Gasteiger partial charge in [0, 0.05) is 19.1 Å². The molecule has 0 bridgehead atoms. The maximum absolute atomic E-state index is 12.2. The van der Waals surface area contributed by atoms with Crippen molar-refractivity contribution in [1.82, 2.24) is 4.90 Å². The molecule has 2 N–H and O–H groups in total. The van der Waals surface area contributed by atoms with Crippen LogP contribution in [0.4, 0.5) is 0 Å². The minimum Gasteiger partial charge on any atom is -0.338 e. The van der Waals surface area contributed by atoms with Crippen molar-refractivity contribution in [3.05, 3.63) is 20.8 Å². The van der Waals surface area contributed by atoms with Gasteiger partial charge in [-0.15, -0.1) is 23.7 Å². The highest BCUT2D eigenvalue weighted by Crippen LogP contribution is 2.29. The first-order chi connectivity index (χ1) is 7.59. The van der Waals surface area contributed by atoms with Gasteiger partial charge in [0.2, 0.25) is 0 Å².